The van der Waals surface area contributed by atoms with Crippen molar-refractivity contribution in [2.75, 3.05) is 0 Å². The standard InChI is InChI=1S/C14H26N2O3S/c1-9(2)20(19)14(6,7)12(18)16-11(15)8-10(17)13(3,4)5/h8-9,17H,1-7H3,(H2,15,16,18)/b10-8-. The van der Waals surface area contributed by atoms with Crippen LogP contribution in [0.15, 0.2) is 11.8 Å². The third-order valence-electron chi connectivity index (χ3n) is 2.78. The van der Waals surface area contributed by atoms with Crippen LogP contribution in [0.4, 0.5) is 0 Å². The minimum absolute atomic E-state index is 0.00517. The van der Waals surface area contributed by atoms with Gasteiger partial charge in [-0.1, -0.05) is 34.6 Å². The van der Waals surface area contributed by atoms with Crippen molar-refractivity contribution in [3.05, 3.63) is 11.8 Å². The maximum Gasteiger partial charge on any atom is 0.243 e. The molecule has 0 rings (SSSR count). The molecule has 116 valence electrons. The Balaban J connectivity index is 4.95. The number of carbonyl (C=O) groups is 1. The van der Waals surface area contributed by atoms with E-state index in [2.05, 4.69) is 5.32 Å². The first-order valence-corrected chi connectivity index (χ1v) is 7.73. The minimum Gasteiger partial charge on any atom is -0.512 e. The molecule has 20 heavy (non-hydrogen) atoms. The Bertz CT molecular complexity index is 446. The highest BCUT2D eigenvalue weighted by Crippen LogP contribution is 2.22. The maximum atomic E-state index is 12.1. The minimum atomic E-state index is -1.35. The van der Waals surface area contributed by atoms with E-state index in [9.17, 15) is 14.1 Å². The van der Waals surface area contributed by atoms with Crippen LogP contribution in [0.5, 0.6) is 0 Å². The van der Waals surface area contributed by atoms with Gasteiger partial charge in [0, 0.05) is 27.5 Å². The van der Waals surface area contributed by atoms with E-state index < -0.39 is 26.9 Å². The second kappa shape index (κ2) is 6.52. The highest BCUT2D eigenvalue weighted by molar-refractivity contribution is 7.87. The number of amidine groups is 1. The fraction of sp³-hybridized carbons (Fsp3) is 0.714. The Morgan fingerprint density at radius 1 is 1.25 bits per heavy atom. The number of rotatable bonds is 4. The van der Waals surface area contributed by atoms with E-state index in [0.29, 0.717) is 0 Å². The number of nitrogens with one attached hydrogen (secondary N) is 2. The van der Waals surface area contributed by atoms with E-state index in [1.54, 1.807) is 48.5 Å². The van der Waals surface area contributed by atoms with Gasteiger partial charge in [-0.15, -0.1) is 0 Å². The summed E-state index contributed by atoms with van der Waals surface area (Å²) in [6.45, 7) is 12.1. The van der Waals surface area contributed by atoms with Gasteiger partial charge in [-0.05, 0) is 13.8 Å². The Morgan fingerprint density at radius 2 is 1.70 bits per heavy atom. The molecule has 0 bridgehead atoms. The summed E-state index contributed by atoms with van der Waals surface area (Å²) in [7, 11) is -1.35. The van der Waals surface area contributed by atoms with Crippen molar-refractivity contribution in [2.45, 2.75) is 58.5 Å². The normalized spacial score (nSPS) is 15.1. The molecule has 0 fully saturated rings. The third kappa shape index (κ3) is 5.07. The van der Waals surface area contributed by atoms with Crippen LogP contribution in [-0.4, -0.2) is 31.1 Å². The molecule has 0 aliphatic heterocycles. The highest BCUT2D eigenvalue weighted by atomic mass is 32.2. The molecule has 0 aromatic carbocycles. The summed E-state index contributed by atoms with van der Waals surface area (Å²) in [5, 5.41) is 19.7. The average molecular weight is 302 g/mol. The fourth-order valence-electron chi connectivity index (χ4n) is 1.34. The molecular weight excluding hydrogens is 276 g/mol. The third-order valence-corrected chi connectivity index (χ3v) is 4.82. The van der Waals surface area contributed by atoms with Crippen molar-refractivity contribution in [2.24, 2.45) is 5.41 Å². The number of carbonyl (C=O) groups excluding carboxylic acids is 1. The van der Waals surface area contributed by atoms with Gasteiger partial charge >= 0.3 is 0 Å². The summed E-state index contributed by atoms with van der Waals surface area (Å²) >= 11 is 0. The van der Waals surface area contributed by atoms with Crippen molar-refractivity contribution in [1.82, 2.24) is 5.32 Å². The molecule has 0 saturated carbocycles. The summed E-state index contributed by atoms with van der Waals surface area (Å²) in [6, 6.07) is 0. The van der Waals surface area contributed by atoms with Crippen LogP contribution in [0.3, 0.4) is 0 Å². The van der Waals surface area contributed by atoms with E-state index >= 15 is 0 Å². The van der Waals surface area contributed by atoms with E-state index in [1.807, 2.05) is 0 Å². The topological polar surface area (TPSA) is 90.3 Å². The van der Waals surface area contributed by atoms with Gasteiger partial charge in [-0.2, -0.15) is 0 Å². The van der Waals surface area contributed by atoms with Gasteiger partial charge in [-0.3, -0.25) is 14.4 Å². The molecule has 0 aliphatic carbocycles. The van der Waals surface area contributed by atoms with Gasteiger partial charge in [0.05, 0.1) is 0 Å². The Hall–Kier alpha value is -1.17. The Morgan fingerprint density at radius 3 is 2.05 bits per heavy atom. The maximum absolute atomic E-state index is 12.1. The molecule has 0 aliphatic rings. The summed E-state index contributed by atoms with van der Waals surface area (Å²) in [4.78, 5) is 12.1. The van der Waals surface area contributed by atoms with Gasteiger partial charge in [0.15, 0.2) is 0 Å². The van der Waals surface area contributed by atoms with Gasteiger partial charge in [0.2, 0.25) is 5.91 Å². The van der Waals surface area contributed by atoms with Crippen molar-refractivity contribution in [3.8, 4) is 0 Å². The smallest absolute Gasteiger partial charge is 0.243 e. The molecule has 0 aromatic rings. The number of aliphatic hydroxyl groups excluding tert-OH is 1. The van der Waals surface area contributed by atoms with Crippen LogP contribution in [0.1, 0.15) is 48.5 Å². The number of allylic oxidation sites excluding steroid dienone is 1. The van der Waals surface area contributed by atoms with Crippen LogP contribution in [0.2, 0.25) is 0 Å². The lowest BCUT2D eigenvalue weighted by Crippen LogP contribution is -2.49. The van der Waals surface area contributed by atoms with Gasteiger partial charge in [0.25, 0.3) is 0 Å². The molecule has 3 N–H and O–H groups in total. The van der Waals surface area contributed by atoms with Crippen LogP contribution in [-0.2, 0) is 15.6 Å². The lowest BCUT2D eigenvalue weighted by atomic mass is 9.93. The molecule has 1 atom stereocenters. The molecule has 0 heterocycles. The van der Waals surface area contributed by atoms with Crippen LogP contribution >= 0.6 is 0 Å². The lowest BCUT2D eigenvalue weighted by molar-refractivity contribution is -0.121. The average Bonchev–Trinajstić information content (AvgIpc) is 2.25. The molecule has 1 amide bonds. The van der Waals surface area contributed by atoms with Crippen LogP contribution in [0, 0.1) is 10.8 Å². The summed E-state index contributed by atoms with van der Waals surface area (Å²) in [5.41, 5.74) is -0.493. The monoisotopic (exact) mass is 302 g/mol. The van der Waals surface area contributed by atoms with Crippen LogP contribution < -0.4 is 5.32 Å². The zero-order chi connectivity index (χ0) is 16.3. The summed E-state index contributed by atoms with van der Waals surface area (Å²) < 4.78 is 11.0. The molecule has 0 radical (unpaired) electrons. The van der Waals surface area contributed by atoms with Gasteiger partial charge in [0.1, 0.15) is 16.3 Å². The molecule has 0 aromatic heterocycles. The Kier molecular flexibility index (Phi) is 6.14. The molecule has 0 spiro atoms. The van der Waals surface area contributed by atoms with E-state index in [4.69, 9.17) is 5.41 Å². The summed E-state index contributed by atoms with van der Waals surface area (Å²) in [5.74, 6) is -0.700. The fourth-order valence-corrected chi connectivity index (χ4v) is 2.76. The first-order valence-electron chi connectivity index (χ1n) is 6.52. The zero-order valence-electron chi connectivity index (χ0n) is 13.3. The Labute approximate surface area is 123 Å². The molecule has 6 heteroatoms. The summed E-state index contributed by atoms with van der Waals surface area (Å²) in [6.07, 6.45) is 1.20. The SMILES string of the molecule is CC(C)S(=O)C(C)(C)C(=O)NC(=N)/C=C(\O)C(C)(C)C. The van der Waals surface area contributed by atoms with Gasteiger partial charge < -0.3 is 10.4 Å². The zero-order valence-corrected chi connectivity index (χ0v) is 14.1. The molecular formula is C14H26N2O3S. The second-order valence-corrected chi connectivity index (χ2v) is 9.06. The number of aliphatic hydroxyl groups is 1. The predicted octanol–water partition coefficient (Wildman–Crippen LogP) is 2.50. The van der Waals surface area contributed by atoms with E-state index in [1.165, 1.54) is 6.08 Å². The van der Waals surface area contributed by atoms with Crippen molar-refractivity contribution in [1.29, 1.82) is 5.41 Å². The lowest BCUT2D eigenvalue weighted by Gasteiger charge is -2.25. The van der Waals surface area contributed by atoms with Crippen molar-refractivity contribution in [3.63, 3.8) is 0 Å². The number of hydrogen-bond acceptors (Lipinski definition) is 4. The molecule has 5 nitrogen and oxygen atoms in total. The largest absolute Gasteiger partial charge is 0.512 e. The molecule has 0 saturated heterocycles. The predicted molar refractivity (Wildman–Crippen MR) is 83.4 cm³/mol. The van der Waals surface area contributed by atoms with Crippen LogP contribution in [0.25, 0.3) is 0 Å². The quantitative estimate of drug-likeness (QED) is 0.423. The van der Waals surface area contributed by atoms with E-state index in [-0.39, 0.29) is 16.8 Å². The number of hydrogen-bond donors (Lipinski definition) is 3. The van der Waals surface area contributed by atoms with Crippen molar-refractivity contribution < 1.29 is 14.1 Å². The van der Waals surface area contributed by atoms with Gasteiger partial charge in [-0.25, -0.2) is 0 Å². The second-order valence-electron chi connectivity index (χ2n) is 6.50. The molecule has 1 unspecified atom stereocenters. The first kappa shape index (κ1) is 18.8. The van der Waals surface area contributed by atoms with Crippen molar-refractivity contribution >= 4 is 22.5 Å². The highest BCUT2D eigenvalue weighted by Gasteiger charge is 2.36. The van der Waals surface area contributed by atoms with E-state index in [0.717, 1.165) is 0 Å². The number of amides is 1. The first-order chi connectivity index (χ1) is 8.80.